The van der Waals surface area contributed by atoms with E-state index in [4.69, 9.17) is 14.6 Å². The van der Waals surface area contributed by atoms with Crippen LogP contribution in [-0.4, -0.2) is 48.8 Å². The molecular formula is C31H34N6O7. The maximum absolute atomic E-state index is 12.7. The highest BCUT2D eigenvalue weighted by Gasteiger charge is 2.22. The number of ether oxygens (including phenoxy) is 1. The van der Waals surface area contributed by atoms with Crippen LogP contribution in [0.5, 0.6) is 0 Å². The van der Waals surface area contributed by atoms with Crippen molar-refractivity contribution in [2.75, 3.05) is 10.6 Å². The van der Waals surface area contributed by atoms with E-state index in [-0.39, 0.29) is 13.2 Å². The zero-order chi connectivity index (χ0) is 31.9. The second-order valence-electron chi connectivity index (χ2n) is 9.56. The largest absolute Gasteiger partial charge is 0.481 e. The summed E-state index contributed by atoms with van der Waals surface area (Å²) in [6.45, 7) is 3.61. The summed E-state index contributed by atoms with van der Waals surface area (Å²) in [4.78, 5) is 53.9. The minimum Gasteiger partial charge on any atom is -0.481 e. The van der Waals surface area contributed by atoms with Gasteiger partial charge in [-0.15, -0.1) is 0 Å². The van der Waals surface area contributed by atoms with Crippen molar-refractivity contribution in [1.82, 2.24) is 19.9 Å². The van der Waals surface area contributed by atoms with Gasteiger partial charge in [0.25, 0.3) is 5.97 Å². The Hall–Kier alpha value is -5.72. The fourth-order valence-corrected chi connectivity index (χ4v) is 3.82. The normalized spacial score (nSPS) is 10.9. The van der Waals surface area contributed by atoms with E-state index in [1.54, 1.807) is 37.4 Å². The van der Waals surface area contributed by atoms with Crippen LogP contribution in [0.15, 0.2) is 90.0 Å². The molecule has 0 saturated heterocycles. The van der Waals surface area contributed by atoms with E-state index < -0.39 is 29.8 Å². The van der Waals surface area contributed by atoms with Crippen molar-refractivity contribution in [3.63, 3.8) is 0 Å². The zero-order valence-electron chi connectivity index (χ0n) is 24.3. The van der Waals surface area contributed by atoms with Gasteiger partial charge in [0, 0.05) is 38.0 Å². The number of carbonyl (C=O) groups is 3. The van der Waals surface area contributed by atoms with E-state index in [0.29, 0.717) is 24.5 Å². The van der Waals surface area contributed by atoms with Crippen molar-refractivity contribution >= 4 is 29.7 Å². The highest BCUT2D eigenvalue weighted by Crippen LogP contribution is 2.12. The van der Waals surface area contributed by atoms with Gasteiger partial charge in [0.1, 0.15) is 24.3 Å². The van der Waals surface area contributed by atoms with Gasteiger partial charge in [0.2, 0.25) is 0 Å². The summed E-state index contributed by atoms with van der Waals surface area (Å²) in [5.74, 6) is -0.940. The van der Waals surface area contributed by atoms with Gasteiger partial charge in [0.15, 0.2) is 0 Å². The minimum absolute atomic E-state index is 0.00915. The van der Waals surface area contributed by atoms with Gasteiger partial charge in [-0.25, -0.2) is 19.4 Å². The second-order valence-corrected chi connectivity index (χ2v) is 9.56. The third-order valence-electron chi connectivity index (χ3n) is 5.98. The second kappa shape index (κ2) is 16.7. The molecule has 0 bridgehead atoms. The van der Waals surface area contributed by atoms with E-state index in [2.05, 4.69) is 25.9 Å². The molecule has 0 fully saturated rings. The first-order valence-corrected chi connectivity index (χ1v) is 13.5. The molecule has 4 aromatic rings. The molecule has 0 spiro atoms. The average Bonchev–Trinajstić information content (AvgIpc) is 3.00. The number of carboxylic acids is 2. The monoisotopic (exact) mass is 602 g/mol. The number of aromatic nitrogens is 3. The van der Waals surface area contributed by atoms with Crippen molar-refractivity contribution < 1.29 is 29.3 Å². The third kappa shape index (κ3) is 11.3. The van der Waals surface area contributed by atoms with Gasteiger partial charge in [-0.2, -0.15) is 4.98 Å². The van der Waals surface area contributed by atoms with Gasteiger partial charge in [-0.1, -0.05) is 60.7 Å². The number of alkyl carbamates (subject to hydrolysis) is 1. The topological polar surface area (TPSA) is 185 Å². The van der Waals surface area contributed by atoms with E-state index in [0.717, 1.165) is 34.0 Å². The molecule has 4 rings (SSSR count). The quantitative estimate of drug-likeness (QED) is 0.159. The highest BCUT2D eigenvalue weighted by atomic mass is 16.5. The van der Waals surface area contributed by atoms with E-state index in [1.807, 2.05) is 48.5 Å². The predicted molar refractivity (Wildman–Crippen MR) is 163 cm³/mol. The van der Waals surface area contributed by atoms with Crippen LogP contribution in [-0.2, 0) is 40.6 Å². The van der Waals surface area contributed by atoms with Crippen LogP contribution in [0.2, 0.25) is 0 Å². The molecule has 2 aromatic carbocycles. The molecule has 5 N–H and O–H groups in total. The number of nitrogens with zero attached hydrogens (tertiary/aromatic N) is 3. The van der Waals surface area contributed by atoms with Gasteiger partial charge in [-0.3, -0.25) is 9.36 Å². The summed E-state index contributed by atoms with van der Waals surface area (Å²) in [5.41, 5.74) is 2.85. The molecule has 44 heavy (non-hydrogen) atoms. The van der Waals surface area contributed by atoms with Gasteiger partial charge < -0.3 is 30.9 Å². The molecule has 13 heteroatoms. The number of hydrogen-bond donors (Lipinski definition) is 5. The predicted octanol–water partition coefficient (Wildman–Crippen LogP) is 3.64. The van der Waals surface area contributed by atoms with Crippen LogP contribution in [0, 0.1) is 6.92 Å². The summed E-state index contributed by atoms with van der Waals surface area (Å²) in [6, 6.07) is 21.3. The van der Waals surface area contributed by atoms with Gasteiger partial charge >= 0.3 is 17.8 Å². The number of anilines is 2. The zero-order valence-corrected chi connectivity index (χ0v) is 24.3. The standard InChI is InChI=1S/C29H30N6O5.C2H4O2/c1-20-17-35(18-24(27(36)37)33-29(39)40-19-23-7-3-2-4-8-23)28(38)34-26(20)32-16-22-12-10-21(11-13-22)15-31-25-9-5-6-14-30-25;1-2(3)4/h2-14,17,24H,15-16,18-19H2,1H3,(H,30,31)(H,33,39)(H,36,37)(H,32,34,38);1H3,(H,3,4)/t24-;/m0./s1. The van der Waals surface area contributed by atoms with Gasteiger partial charge in [0.05, 0.1) is 6.54 Å². The summed E-state index contributed by atoms with van der Waals surface area (Å²) in [6.07, 6.45) is 2.35. The Kier molecular flexibility index (Phi) is 12.4. The van der Waals surface area contributed by atoms with Crippen molar-refractivity contribution in [3.8, 4) is 0 Å². The minimum atomic E-state index is -1.38. The fraction of sp³-hybridized carbons (Fsp3) is 0.226. The lowest BCUT2D eigenvalue weighted by atomic mass is 10.1. The first-order valence-electron chi connectivity index (χ1n) is 13.5. The Morgan fingerprint density at radius 1 is 0.886 bits per heavy atom. The first kappa shape index (κ1) is 32.8. The molecular weight excluding hydrogens is 568 g/mol. The number of hydrogen-bond acceptors (Lipinski definition) is 9. The SMILES string of the molecule is CC(=O)O.Cc1cn(C[C@H](NC(=O)OCc2ccccc2)C(=O)O)c(=O)nc1NCc1ccc(CNc2ccccn2)cc1. The smallest absolute Gasteiger partial charge is 0.408 e. The van der Waals surface area contributed by atoms with Crippen molar-refractivity contribution in [2.24, 2.45) is 0 Å². The molecule has 2 heterocycles. The summed E-state index contributed by atoms with van der Waals surface area (Å²) in [7, 11) is 0. The van der Waals surface area contributed by atoms with Crippen LogP contribution in [0.4, 0.5) is 16.4 Å². The Balaban J connectivity index is 0.00000124. The van der Waals surface area contributed by atoms with Crippen LogP contribution in [0.1, 0.15) is 29.2 Å². The third-order valence-corrected chi connectivity index (χ3v) is 5.98. The molecule has 0 aliphatic heterocycles. The lowest BCUT2D eigenvalue weighted by molar-refractivity contribution is -0.139. The van der Waals surface area contributed by atoms with E-state index >= 15 is 0 Å². The number of aryl methyl sites for hydroxylation is 1. The Morgan fingerprint density at radius 2 is 1.50 bits per heavy atom. The number of rotatable bonds is 12. The Bertz CT molecular complexity index is 1580. The van der Waals surface area contributed by atoms with Crippen LogP contribution < -0.4 is 21.6 Å². The highest BCUT2D eigenvalue weighted by molar-refractivity contribution is 5.79. The number of pyridine rings is 1. The molecule has 0 unspecified atom stereocenters. The number of carboxylic acid groups (broad SMARTS) is 2. The maximum atomic E-state index is 12.7. The Morgan fingerprint density at radius 3 is 2.09 bits per heavy atom. The lowest BCUT2D eigenvalue weighted by Gasteiger charge is -2.17. The number of aliphatic carboxylic acids is 2. The summed E-state index contributed by atoms with van der Waals surface area (Å²) in [5, 5.41) is 25.7. The molecule has 230 valence electrons. The molecule has 1 amide bonds. The van der Waals surface area contributed by atoms with Gasteiger partial charge in [-0.05, 0) is 35.7 Å². The average molecular weight is 603 g/mol. The molecule has 2 aromatic heterocycles. The van der Waals surface area contributed by atoms with Crippen LogP contribution >= 0.6 is 0 Å². The van der Waals surface area contributed by atoms with Crippen LogP contribution in [0.25, 0.3) is 0 Å². The van der Waals surface area contributed by atoms with Crippen LogP contribution in [0.3, 0.4) is 0 Å². The molecule has 0 aliphatic carbocycles. The molecule has 1 atom stereocenters. The number of carbonyl (C=O) groups excluding carboxylic acids is 1. The van der Waals surface area contributed by atoms with Crippen molar-refractivity contribution in [3.05, 3.63) is 118 Å². The summed E-state index contributed by atoms with van der Waals surface area (Å²) < 4.78 is 6.25. The number of nitrogens with one attached hydrogen (secondary N) is 3. The van der Waals surface area contributed by atoms with E-state index in [9.17, 15) is 19.5 Å². The number of benzene rings is 2. The molecule has 13 nitrogen and oxygen atoms in total. The number of amides is 1. The van der Waals surface area contributed by atoms with Crippen molar-refractivity contribution in [2.45, 2.75) is 46.1 Å². The first-order chi connectivity index (χ1) is 21.1. The Labute approximate surface area is 253 Å². The molecule has 0 radical (unpaired) electrons. The lowest BCUT2D eigenvalue weighted by Crippen LogP contribution is -2.45. The van der Waals surface area contributed by atoms with Crippen molar-refractivity contribution in [1.29, 1.82) is 0 Å². The maximum Gasteiger partial charge on any atom is 0.408 e. The molecule has 0 saturated carbocycles. The summed E-state index contributed by atoms with van der Waals surface area (Å²) >= 11 is 0. The molecule has 0 aliphatic rings. The van der Waals surface area contributed by atoms with E-state index in [1.165, 1.54) is 6.20 Å². The fourth-order valence-electron chi connectivity index (χ4n) is 3.82.